The van der Waals surface area contributed by atoms with Crippen LogP contribution in [0.1, 0.15) is 29.5 Å². The van der Waals surface area contributed by atoms with E-state index in [0.717, 1.165) is 23.2 Å². The van der Waals surface area contributed by atoms with Gasteiger partial charge in [-0.25, -0.2) is 18.5 Å². The van der Waals surface area contributed by atoms with Crippen molar-refractivity contribution in [2.24, 2.45) is 5.14 Å². The summed E-state index contributed by atoms with van der Waals surface area (Å²) in [5.41, 5.74) is 2.99. The van der Waals surface area contributed by atoms with Gasteiger partial charge in [-0.3, -0.25) is 0 Å². The molecule has 4 rings (SSSR count). The monoisotopic (exact) mass is 340 g/mol. The number of rotatable bonds is 4. The van der Waals surface area contributed by atoms with Gasteiger partial charge < -0.3 is 4.42 Å². The molecule has 2 unspecified atom stereocenters. The van der Waals surface area contributed by atoms with Gasteiger partial charge in [-0.1, -0.05) is 30.3 Å². The first-order valence-electron chi connectivity index (χ1n) is 7.66. The summed E-state index contributed by atoms with van der Waals surface area (Å²) in [6.07, 6.45) is 2.70. The number of nitrogens with zero attached hydrogens (tertiary/aromatic N) is 1. The predicted molar refractivity (Wildman–Crippen MR) is 89.9 cm³/mol. The second-order valence-corrected chi connectivity index (χ2v) is 7.57. The molecule has 1 aliphatic carbocycles. The third kappa shape index (κ3) is 2.86. The summed E-state index contributed by atoms with van der Waals surface area (Å²) in [7, 11) is -3.65. The van der Waals surface area contributed by atoms with Crippen molar-refractivity contribution >= 4 is 10.0 Å². The molecule has 0 bridgehead atoms. The zero-order valence-corrected chi connectivity index (χ0v) is 13.6. The molecular formula is C18H16N2O3S. The molecule has 3 aromatic rings. The molecule has 1 aliphatic rings. The number of hydrogen-bond donors (Lipinski definition) is 1. The Morgan fingerprint density at radius 2 is 1.71 bits per heavy atom. The standard InChI is InChI=1S/C18H16N2O3S/c19-24(21,22)14-8-6-12(7-9-14)15-10-16(15)17-11-23-18(20-17)13-4-2-1-3-5-13/h1-9,11,15-16H,10H2,(H2,19,21,22). The Morgan fingerprint density at radius 3 is 2.38 bits per heavy atom. The number of nitrogens with two attached hydrogens (primary N) is 1. The fourth-order valence-corrected chi connectivity index (χ4v) is 3.48. The summed E-state index contributed by atoms with van der Waals surface area (Å²) in [5.74, 6) is 1.28. The Labute approximate surface area is 140 Å². The van der Waals surface area contributed by atoms with Gasteiger partial charge in [0.25, 0.3) is 0 Å². The molecule has 5 nitrogen and oxygen atoms in total. The van der Waals surface area contributed by atoms with E-state index in [-0.39, 0.29) is 4.90 Å². The van der Waals surface area contributed by atoms with Gasteiger partial charge in [-0.05, 0) is 42.2 Å². The van der Waals surface area contributed by atoms with Gasteiger partial charge in [-0.2, -0.15) is 0 Å². The summed E-state index contributed by atoms with van der Waals surface area (Å²) in [6, 6.07) is 16.5. The summed E-state index contributed by atoms with van der Waals surface area (Å²) in [6.45, 7) is 0. The second kappa shape index (κ2) is 5.58. The van der Waals surface area contributed by atoms with E-state index >= 15 is 0 Å². The van der Waals surface area contributed by atoms with E-state index in [0.29, 0.717) is 17.7 Å². The van der Waals surface area contributed by atoms with Crippen LogP contribution in [0, 0.1) is 0 Å². The van der Waals surface area contributed by atoms with Crippen LogP contribution in [-0.2, 0) is 10.0 Å². The molecule has 24 heavy (non-hydrogen) atoms. The number of benzene rings is 2. The smallest absolute Gasteiger partial charge is 0.238 e. The molecule has 2 aromatic carbocycles. The van der Waals surface area contributed by atoms with Crippen LogP contribution in [0.3, 0.4) is 0 Å². The summed E-state index contributed by atoms with van der Waals surface area (Å²) in [5, 5.41) is 5.12. The molecule has 2 N–H and O–H groups in total. The zero-order chi connectivity index (χ0) is 16.7. The molecule has 2 atom stereocenters. The Kier molecular flexibility index (Phi) is 3.51. The van der Waals surface area contributed by atoms with Crippen LogP contribution in [0.2, 0.25) is 0 Å². The minimum absolute atomic E-state index is 0.135. The SMILES string of the molecule is NS(=O)(=O)c1ccc(C2CC2c2coc(-c3ccccc3)n2)cc1. The maximum absolute atomic E-state index is 11.3. The Hall–Kier alpha value is -2.44. The largest absolute Gasteiger partial charge is 0.444 e. The van der Waals surface area contributed by atoms with Crippen LogP contribution in [0.4, 0.5) is 0 Å². The lowest BCUT2D eigenvalue weighted by atomic mass is 10.1. The number of hydrogen-bond acceptors (Lipinski definition) is 4. The van der Waals surface area contributed by atoms with Crippen LogP contribution >= 0.6 is 0 Å². The van der Waals surface area contributed by atoms with E-state index in [9.17, 15) is 8.42 Å². The van der Waals surface area contributed by atoms with E-state index < -0.39 is 10.0 Å². The van der Waals surface area contributed by atoms with E-state index in [4.69, 9.17) is 9.56 Å². The normalized spacial score (nSPS) is 20.0. The summed E-state index contributed by atoms with van der Waals surface area (Å²) in [4.78, 5) is 4.73. The zero-order valence-electron chi connectivity index (χ0n) is 12.8. The average molecular weight is 340 g/mol. The first-order chi connectivity index (χ1) is 11.5. The molecule has 0 amide bonds. The Morgan fingerprint density at radius 1 is 1.00 bits per heavy atom. The van der Waals surface area contributed by atoms with Gasteiger partial charge in [0.2, 0.25) is 15.9 Å². The number of aromatic nitrogens is 1. The van der Waals surface area contributed by atoms with Crippen LogP contribution in [-0.4, -0.2) is 13.4 Å². The molecule has 0 spiro atoms. The molecule has 0 aliphatic heterocycles. The van der Waals surface area contributed by atoms with Crippen LogP contribution in [0.25, 0.3) is 11.5 Å². The molecule has 0 radical (unpaired) electrons. The molecule has 122 valence electrons. The molecule has 1 aromatic heterocycles. The first-order valence-corrected chi connectivity index (χ1v) is 9.20. The van der Waals surface area contributed by atoms with Gasteiger partial charge in [-0.15, -0.1) is 0 Å². The fraction of sp³-hybridized carbons (Fsp3) is 0.167. The van der Waals surface area contributed by atoms with Crippen molar-refractivity contribution in [2.45, 2.75) is 23.2 Å². The lowest BCUT2D eigenvalue weighted by Crippen LogP contribution is -2.11. The highest BCUT2D eigenvalue weighted by Crippen LogP contribution is 2.54. The van der Waals surface area contributed by atoms with E-state index in [1.165, 1.54) is 0 Å². The van der Waals surface area contributed by atoms with E-state index in [1.807, 2.05) is 42.5 Å². The van der Waals surface area contributed by atoms with Gasteiger partial charge in [0, 0.05) is 11.5 Å². The molecule has 1 saturated carbocycles. The van der Waals surface area contributed by atoms with Crippen molar-refractivity contribution < 1.29 is 12.8 Å². The Balaban J connectivity index is 1.52. The number of oxazole rings is 1. The first kappa shape index (κ1) is 15.1. The van der Waals surface area contributed by atoms with Crippen LogP contribution in [0.5, 0.6) is 0 Å². The minimum Gasteiger partial charge on any atom is -0.444 e. The number of sulfonamides is 1. The molecule has 1 fully saturated rings. The maximum atomic E-state index is 11.3. The van der Waals surface area contributed by atoms with E-state index in [2.05, 4.69) is 4.98 Å². The minimum atomic E-state index is -3.65. The van der Waals surface area contributed by atoms with Crippen molar-refractivity contribution in [3.05, 3.63) is 72.1 Å². The molecule has 1 heterocycles. The van der Waals surface area contributed by atoms with Crippen LogP contribution in [0.15, 0.2) is 70.2 Å². The molecular weight excluding hydrogens is 324 g/mol. The lowest BCUT2D eigenvalue weighted by Gasteiger charge is -2.01. The van der Waals surface area contributed by atoms with Crippen molar-refractivity contribution in [2.75, 3.05) is 0 Å². The molecule has 6 heteroatoms. The van der Waals surface area contributed by atoms with Crippen molar-refractivity contribution in [3.8, 4) is 11.5 Å². The van der Waals surface area contributed by atoms with Crippen molar-refractivity contribution in [1.82, 2.24) is 4.98 Å². The van der Waals surface area contributed by atoms with Crippen LogP contribution < -0.4 is 5.14 Å². The number of primary sulfonamides is 1. The maximum Gasteiger partial charge on any atom is 0.238 e. The molecule has 0 saturated heterocycles. The average Bonchev–Trinajstić information content (AvgIpc) is 3.23. The van der Waals surface area contributed by atoms with Gasteiger partial charge in [0.15, 0.2) is 0 Å². The van der Waals surface area contributed by atoms with E-state index in [1.54, 1.807) is 18.4 Å². The van der Waals surface area contributed by atoms with Gasteiger partial charge >= 0.3 is 0 Å². The highest BCUT2D eigenvalue weighted by molar-refractivity contribution is 7.89. The van der Waals surface area contributed by atoms with Crippen molar-refractivity contribution in [1.29, 1.82) is 0 Å². The van der Waals surface area contributed by atoms with Gasteiger partial charge in [0.1, 0.15) is 6.26 Å². The highest BCUT2D eigenvalue weighted by Gasteiger charge is 2.41. The third-order valence-corrected chi connectivity index (χ3v) is 5.28. The summed E-state index contributed by atoms with van der Waals surface area (Å²) >= 11 is 0. The quantitative estimate of drug-likeness (QED) is 0.790. The van der Waals surface area contributed by atoms with Gasteiger partial charge in [0.05, 0.1) is 10.6 Å². The highest BCUT2D eigenvalue weighted by atomic mass is 32.2. The fourth-order valence-electron chi connectivity index (χ4n) is 2.96. The lowest BCUT2D eigenvalue weighted by molar-refractivity contribution is 0.572. The summed E-state index contributed by atoms with van der Waals surface area (Å²) < 4.78 is 28.2. The Bertz CT molecular complexity index is 963. The second-order valence-electron chi connectivity index (χ2n) is 6.01. The predicted octanol–water partition coefficient (Wildman–Crippen LogP) is 3.26. The topological polar surface area (TPSA) is 86.2 Å². The third-order valence-electron chi connectivity index (χ3n) is 4.35. The van der Waals surface area contributed by atoms with Crippen molar-refractivity contribution in [3.63, 3.8) is 0 Å².